The van der Waals surface area contributed by atoms with Crippen LogP contribution in [0.2, 0.25) is 0 Å². The lowest BCUT2D eigenvalue weighted by Gasteiger charge is -2.28. The summed E-state index contributed by atoms with van der Waals surface area (Å²) in [4.78, 5) is 23.2. The lowest BCUT2D eigenvalue weighted by Crippen LogP contribution is -2.50. The highest BCUT2D eigenvalue weighted by atomic mass is 16.4. The van der Waals surface area contributed by atoms with E-state index in [2.05, 4.69) is 10.6 Å². The zero-order valence-corrected chi connectivity index (χ0v) is 12.0. The molecule has 0 spiro atoms. The Bertz CT molecular complexity index is 452. The maximum absolute atomic E-state index is 11.8. The standard InChI is InChI=1S/C15H22N2O4/c18-14(19)13(11-5-2-1-3-6-11)17-15(20)16-9-8-12-7-4-10-21-12/h4,7,10-11,13H,1-3,5-6,8-9H2,(H,18,19)(H2,16,17,20). The molecule has 1 unspecified atom stereocenters. The molecule has 1 atom stereocenters. The van der Waals surface area contributed by atoms with Crippen molar-refractivity contribution >= 4 is 12.0 Å². The summed E-state index contributed by atoms with van der Waals surface area (Å²) >= 11 is 0. The maximum Gasteiger partial charge on any atom is 0.326 e. The number of carbonyl (C=O) groups is 2. The molecule has 1 aromatic heterocycles. The topological polar surface area (TPSA) is 91.6 Å². The number of hydrogen-bond donors (Lipinski definition) is 3. The number of carboxylic acids is 1. The zero-order chi connectivity index (χ0) is 15.1. The second-order valence-corrected chi connectivity index (χ2v) is 5.44. The van der Waals surface area contributed by atoms with Crippen molar-refractivity contribution in [2.45, 2.75) is 44.6 Å². The van der Waals surface area contributed by atoms with Gasteiger partial charge in [-0.15, -0.1) is 0 Å². The SMILES string of the molecule is O=C(NCCc1ccco1)NC(C(=O)O)C1CCCCC1. The Kier molecular flexibility index (Phi) is 5.66. The second kappa shape index (κ2) is 7.71. The molecule has 6 heteroatoms. The first-order valence-corrected chi connectivity index (χ1v) is 7.46. The summed E-state index contributed by atoms with van der Waals surface area (Å²) < 4.78 is 5.16. The molecule has 6 nitrogen and oxygen atoms in total. The third kappa shape index (κ3) is 4.81. The number of rotatable bonds is 6. The van der Waals surface area contributed by atoms with Crippen LogP contribution in [-0.2, 0) is 11.2 Å². The van der Waals surface area contributed by atoms with E-state index in [0.29, 0.717) is 13.0 Å². The molecule has 1 fully saturated rings. The number of urea groups is 1. The van der Waals surface area contributed by atoms with E-state index in [1.54, 1.807) is 12.3 Å². The highest BCUT2D eigenvalue weighted by molar-refractivity contribution is 5.82. The summed E-state index contributed by atoms with van der Waals surface area (Å²) in [6.07, 6.45) is 7.12. The average molecular weight is 294 g/mol. The van der Waals surface area contributed by atoms with Crippen LogP contribution in [-0.4, -0.2) is 29.7 Å². The molecule has 2 amide bonds. The van der Waals surface area contributed by atoms with Gasteiger partial charge in [-0.2, -0.15) is 0 Å². The largest absolute Gasteiger partial charge is 0.480 e. The summed E-state index contributed by atoms with van der Waals surface area (Å²) in [5.74, 6) is -0.132. The third-order valence-electron chi connectivity index (χ3n) is 3.91. The van der Waals surface area contributed by atoms with E-state index in [4.69, 9.17) is 4.42 Å². The molecule has 3 N–H and O–H groups in total. The summed E-state index contributed by atoms with van der Waals surface area (Å²) in [6.45, 7) is 0.413. The minimum atomic E-state index is -0.955. The van der Waals surface area contributed by atoms with Gasteiger partial charge < -0.3 is 20.2 Å². The van der Waals surface area contributed by atoms with Crippen molar-refractivity contribution in [3.05, 3.63) is 24.2 Å². The van der Waals surface area contributed by atoms with Gasteiger partial charge in [-0.25, -0.2) is 9.59 Å². The first-order valence-electron chi connectivity index (χ1n) is 7.46. The van der Waals surface area contributed by atoms with Gasteiger partial charge in [0.1, 0.15) is 11.8 Å². The zero-order valence-electron chi connectivity index (χ0n) is 12.0. The Morgan fingerprint density at radius 1 is 1.33 bits per heavy atom. The van der Waals surface area contributed by atoms with E-state index in [-0.39, 0.29) is 5.92 Å². The molecule has 0 saturated heterocycles. The monoisotopic (exact) mass is 294 g/mol. The summed E-state index contributed by atoms with van der Waals surface area (Å²) in [5.41, 5.74) is 0. The van der Waals surface area contributed by atoms with E-state index < -0.39 is 18.0 Å². The molecule has 21 heavy (non-hydrogen) atoms. The first kappa shape index (κ1) is 15.4. The fourth-order valence-electron chi connectivity index (χ4n) is 2.80. The Morgan fingerprint density at radius 3 is 2.71 bits per heavy atom. The van der Waals surface area contributed by atoms with Crippen molar-refractivity contribution in [3.63, 3.8) is 0 Å². The van der Waals surface area contributed by atoms with Gasteiger partial charge in [-0.05, 0) is 30.9 Å². The van der Waals surface area contributed by atoms with Crippen LogP contribution in [0, 0.1) is 5.92 Å². The number of carbonyl (C=O) groups excluding carboxylic acids is 1. The minimum absolute atomic E-state index is 0.0343. The first-order chi connectivity index (χ1) is 10.2. The number of carboxylic acid groups (broad SMARTS) is 1. The average Bonchev–Trinajstić information content (AvgIpc) is 2.98. The summed E-state index contributed by atoms with van der Waals surface area (Å²) in [6, 6.07) is 2.40. The van der Waals surface area contributed by atoms with Crippen molar-refractivity contribution in [1.29, 1.82) is 0 Å². The molecule has 0 aliphatic heterocycles. The predicted molar refractivity (Wildman–Crippen MR) is 76.9 cm³/mol. The van der Waals surface area contributed by atoms with Crippen LogP contribution < -0.4 is 10.6 Å². The fourth-order valence-corrected chi connectivity index (χ4v) is 2.80. The van der Waals surface area contributed by atoms with Crippen molar-refractivity contribution in [1.82, 2.24) is 10.6 Å². The minimum Gasteiger partial charge on any atom is -0.480 e. The Morgan fingerprint density at radius 2 is 2.10 bits per heavy atom. The molecule has 1 heterocycles. The van der Waals surface area contributed by atoms with Gasteiger partial charge in [-0.1, -0.05) is 19.3 Å². The third-order valence-corrected chi connectivity index (χ3v) is 3.91. The lowest BCUT2D eigenvalue weighted by atomic mass is 9.84. The molecule has 0 aromatic carbocycles. The van der Waals surface area contributed by atoms with Gasteiger partial charge in [0.15, 0.2) is 0 Å². The fraction of sp³-hybridized carbons (Fsp3) is 0.600. The lowest BCUT2D eigenvalue weighted by molar-refractivity contribution is -0.141. The molecular formula is C15H22N2O4. The van der Waals surface area contributed by atoms with Gasteiger partial charge in [0, 0.05) is 13.0 Å². The molecule has 116 valence electrons. The van der Waals surface area contributed by atoms with Gasteiger partial charge in [-0.3, -0.25) is 0 Å². The molecule has 0 radical (unpaired) electrons. The molecular weight excluding hydrogens is 272 g/mol. The van der Waals surface area contributed by atoms with Gasteiger partial charge in [0.2, 0.25) is 0 Å². The van der Waals surface area contributed by atoms with Gasteiger partial charge in [0.05, 0.1) is 6.26 Å². The van der Waals surface area contributed by atoms with Gasteiger partial charge in [0.25, 0.3) is 0 Å². The molecule has 1 aromatic rings. The quantitative estimate of drug-likeness (QED) is 0.749. The highest BCUT2D eigenvalue weighted by Gasteiger charge is 2.30. The van der Waals surface area contributed by atoms with Crippen LogP contribution >= 0.6 is 0 Å². The highest BCUT2D eigenvalue weighted by Crippen LogP contribution is 2.26. The summed E-state index contributed by atoms with van der Waals surface area (Å²) in [5, 5.41) is 14.6. The Balaban J connectivity index is 1.76. The van der Waals surface area contributed by atoms with Crippen molar-refractivity contribution in [2.75, 3.05) is 6.54 Å². The normalized spacial score (nSPS) is 17.1. The van der Waals surface area contributed by atoms with Crippen LogP contribution in [0.3, 0.4) is 0 Å². The van der Waals surface area contributed by atoms with Crippen LogP contribution in [0.4, 0.5) is 4.79 Å². The predicted octanol–water partition coefficient (Wildman–Crippen LogP) is 2.15. The van der Waals surface area contributed by atoms with E-state index in [1.165, 1.54) is 0 Å². The molecule has 2 rings (SSSR count). The Labute approximate surface area is 123 Å². The Hall–Kier alpha value is -1.98. The number of hydrogen-bond acceptors (Lipinski definition) is 3. The van der Waals surface area contributed by atoms with Crippen molar-refractivity contribution in [3.8, 4) is 0 Å². The van der Waals surface area contributed by atoms with E-state index in [0.717, 1.165) is 37.9 Å². The van der Waals surface area contributed by atoms with Crippen molar-refractivity contribution < 1.29 is 19.1 Å². The van der Waals surface area contributed by atoms with E-state index in [9.17, 15) is 14.7 Å². The summed E-state index contributed by atoms with van der Waals surface area (Å²) in [7, 11) is 0. The van der Waals surface area contributed by atoms with Gasteiger partial charge >= 0.3 is 12.0 Å². The molecule has 1 aliphatic carbocycles. The number of nitrogens with one attached hydrogen (secondary N) is 2. The van der Waals surface area contributed by atoms with Crippen LogP contribution in [0.5, 0.6) is 0 Å². The van der Waals surface area contributed by atoms with Crippen molar-refractivity contribution in [2.24, 2.45) is 5.92 Å². The maximum atomic E-state index is 11.8. The number of furan rings is 1. The van der Waals surface area contributed by atoms with Crippen LogP contribution in [0.15, 0.2) is 22.8 Å². The molecule has 0 bridgehead atoms. The smallest absolute Gasteiger partial charge is 0.326 e. The molecule has 1 saturated carbocycles. The second-order valence-electron chi connectivity index (χ2n) is 5.44. The van der Waals surface area contributed by atoms with Crippen LogP contribution in [0.25, 0.3) is 0 Å². The van der Waals surface area contributed by atoms with E-state index >= 15 is 0 Å². The number of amides is 2. The molecule has 1 aliphatic rings. The number of aliphatic carboxylic acids is 1. The van der Waals surface area contributed by atoms with Crippen LogP contribution in [0.1, 0.15) is 37.9 Å². The van der Waals surface area contributed by atoms with E-state index in [1.807, 2.05) is 6.07 Å².